The molecule has 1 aliphatic heterocycles. The van der Waals surface area contributed by atoms with Gasteiger partial charge in [0.15, 0.2) is 0 Å². The first-order valence-corrected chi connectivity index (χ1v) is 7.12. The summed E-state index contributed by atoms with van der Waals surface area (Å²) in [5.41, 5.74) is 2.47. The van der Waals surface area contributed by atoms with Crippen molar-refractivity contribution in [1.29, 1.82) is 0 Å². The summed E-state index contributed by atoms with van der Waals surface area (Å²) in [4.78, 5) is 14.3. The van der Waals surface area contributed by atoms with Crippen molar-refractivity contribution in [2.75, 3.05) is 13.6 Å². The van der Waals surface area contributed by atoms with Crippen molar-refractivity contribution < 1.29 is 4.79 Å². The molecule has 1 amide bonds. The van der Waals surface area contributed by atoms with E-state index in [0.717, 1.165) is 13.0 Å². The molecule has 0 aliphatic carbocycles. The molecule has 1 fully saturated rings. The average Bonchev–Trinajstić information content (AvgIpc) is 2.41. The smallest absolute Gasteiger partial charge is 0.240 e. The zero-order chi connectivity index (χ0) is 13.8. The Balaban J connectivity index is 2.01. The molecule has 1 aromatic rings. The SMILES string of the molecule is Cc1ccccc1CN(C)C(=O)C1NCCCC1C. The van der Waals surface area contributed by atoms with Gasteiger partial charge in [-0.05, 0) is 43.4 Å². The van der Waals surface area contributed by atoms with E-state index in [9.17, 15) is 4.79 Å². The van der Waals surface area contributed by atoms with E-state index in [0.29, 0.717) is 12.5 Å². The van der Waals surface area contributed by atoms with Gasteiger partial charge >= 0.3 is 0 Å². The summed E-state index contributed by atoms with van der Waals surface area (Å²) < 4.78 is 0. The predicted molar refractivity (Wildman–Crippen MR) is 77.8 cm³/mol. The molecule has 2 atom stereocenters. The minimum Gasteiger partial charge on any atom is -0.340 e. The van der Waals surface area contributed by atoms with Gasteiger partial charge in [0.2, 0.25) is 5.91 Å². The van der Waals surface area contributed by atoms with E-state index in [-0.39, 0.29) is 11.9 Å². The molecule has 1 N–H and O–H groups in total. The van der Waals surface area contributed by atoms with Crippen LogP contribution in [0.15, 0.2) is 24.3 Å². The van der Waals surface area contributed by atoms with E-state index in [4.69, 9.17) is 0 Å². The maximum atomic E-state index is 12.5. The van der Waals surface area contributed by atoms with Crippen LogP contribution in [-0.4, -0.2) is 30.4 Å². The van der Waals surface area contributed by atoms with Gasteiger partial charge in [-0.25, -0.2) is 0 Å². The van der Waals surface area contributed by atoms with Gasteiger partial charge in [-0.1, -0.05) is 31.2 Å². The molecular weight excluding hydrogens is 236 g/mol. The van der Waals surface area contributed by atoms with Gasteiger partial charge < -0.3 is 10.2 Å². The molecule has 0 saturated carbocycles. The normalized spacial score (nSPS) is 23.1. The number of nitrogens with zero attached hydrogens (tertiary/aromatic N) is 1. The number of carbonyl (C=O) groups is 1. The van der Waals surface area contributed by atoms with E-state index in [2.05, 4.69) is 31.3 Å². The van der Waals surface area contributed by atoms with Gasteiger partial charge in [0.05, 0.1) is 6.04 Å². The maximum Gasteiger partial charge on any atom is 0.240 e. The van der Waals surface area contributed by atoms with Gasteiger partial charge in [-0.2, -0.15) is 0 Å². The van der Waals surface area contributed by atoms with Crippen LogP contribution in [0.5, 0.6) is 0 Å². The number of piperidine rings is 1. The van der Waals surface area contributed by atoms with Gasteiger partial charge in [0.25, 0.3) is 0 Å². The predicted octanol–water partition coefficient (Wildman–Crippen LogP) is 2.34. The van der Waals surface area contributed by atoms with Crippen LogP contribution in [0.25, 0.3) is 0 Å². The van der Waals surface area contributed by atoms with Crippen LogP contribution in [0.4, 0.5) is 0 Å². The molecule has 19 heavy (non-hydrogen) atoms. The molecule has 1 aliphatic rings. The first kappa shape index (κ1) is 14.1. The first-order valence-electron chi connectivity index (χ1n) is 7.12. The first-order chi connectivity index (χ1) is 9.09. The van der Waals surface area contributed by atoms with Gasteiger partial charge in [-0.3, -0.25) is 4.79 Å². The second-order valence-corrected chi connectivity index (χ2v) is 5.67. The van der Waals surface area contributed by atoms with E-state index in [1.807, 2.05) is 24.1 Å². The van der Waals surface area contributed by atoms with Crippen LogP contribution in [-0.2, 0) is 11.3 Å². The molecule has 104 valence electrons. The Hall–Kier alpha value is -1.35. The Morgan fingerprint density at radius 2 is 2.16 bits per heavy atom. The average molecular weight is 260 g/mol. The lowest BCUT2D eigenvalue weighted by Gasteiger charge is -2.32. The number of carbonyl (C=O) groups excluding carboxylic acids is 1. The minimum absolute atomic E-state index is 0.0113. The fraction of sp³-hybridized carbons (Fsp3) is 0.562. The quantitative estimate of drug-likeness (QED) is 0.904. The van der Waals surface area contributed by atoms with Gasteiger partial charge in [-0.15, -0.1) is 0 Å². The van der Waals surface area contributed by atoms with Crippen LogP contribution < -0.4 is 5.32 Å². The third kappa shape index (κ3) is 3.35. The second-order valence-electron chi connectivity index (χ2n) is 5.67. The lowest BCUT2D eigenvalue weighted by atomic mass is 9.92. The largest absolute Gasteiger partial charge is 0.340 e. The lowest BCUT2D eigenvalue weighted by molar-refractivity contribution is -0.134. The van der Waals surface area contributed by atoms with Crippen LogP contribution in [0.3, 0.4) is 0 Å². The van der Waals surface area contributed by atoms with Crippen molar-refractivity contribution in [1.82, 2.24) is 10.2 Å². The number of amides is 1. The minimum atomic E-state index is -0.0113. The number of nitrogens with one attached hydrogen (secondary N) is 1. The van der Waals surface area contributed by atoms with E-state index in [1.165, 1.54) is 17.5 Å². The van der Waals surface area contributed by atoms with Crippen molar-refractivity contribution in [3.63, 3.8) is 0 Å². The van der Waals surface area contributed by atoms with Crippen molar-refractivity contribution in [3.05, 3.63) is 35.4 Å². The fourth-order valence-electron chi connectivity index (χ4n) is 2.74. The molecular formula is C16H24N2O. The van der Waals surface area contributed by atoms with Crippen molar-refractivity contribution in [3.8, 4) is 0 Å². The van der Waals surface area contributed by atoms with Crippen molar-refractivity contribution >= 4 is 5.91 Å². The Labute approximate surface area is 116 Å². The van der Waals surface area contributed by atoms with E-state index < -0.39 is 0 Å². The molecule has 2 unspecified atom stereocenters. The third-order valence-corrected chi connectivity index (χ3v) is 4.08. The molecule has 1 saturated heterocycles. The standard InChI is InChI=1S/C16H24N2O/c1-12-7-4-5-9-14(12)11-18(3)16(19)15-13(2)8-6-10-17-15/h4-5,7,9,13,15,17H,6,8,10-11H2,1-3H3. The number of likely N-dealkylation sites (N-methyl/N-ethyl adjacent to an activating group) is 1. The zero-order valence-corrected chi connectivity index (χ0v) is 12.1. The monoisotopic (exact) mass is 260 g/mol. The molecule has 0 bridgehead atoms. The number of rotatable bonds is 3. The number of benzene rings is 1. The summed E-state index contributed by atoms with van der Waals surface area (Å²) >= 11 is 0. The van der Waals surface area contributed by atoms with Gasteiger partial charge in [0, 0.05) is 13.6 Å². The molecule has 3 nitrogen and oxygen atoms in total. The summed E-state index contributed by atoms with van der Waals surface area (Å²) in [6, 6.07) is 8.24. The molecule has 0 radical (unpaired) electrons. The Morgan fingerprint density at radius 1 is 1.42 bits per heavy atom. The molecule has 0 spiro atoms. The third-order valence-electron chi connectivity index (χ3n) is 4.08. The van der Waals surface area contributed by atoms with Gasteiger partial charge in [0.1, 0.15) is 0 Å². The highest BCUT2D eigenvalue weighted by Crippen LogP contribution is 2.18. The van der Waals surface area contributed by atoms with Crippen LogP contribution in [0.2, 0.25) is 0 Å². The highest BCUT2D eigenvalue weighted by molar-refractivity contribution is 5.82. The number of aryl methyl sites for hydroxylation is 1. The molecule has 3 heteroatoms. The van der Waals surface area contributed by atoms with Crippen LogP contribution in [0, 0.1) is 12.8 Å². The van der Waals surface area contributed by atoms with Crippen LogP contribution in [0.1, 0.15) is 30.9 Å². The second kappa shape index (κ2) is 6.20. The maximum absolute atomic E-state index is 12.5. The number of hydrogen-bond acceptors (Lipinski definition) is 2. The summed E-state index contributed by atoms with van der Waals surface area (Å²) in [5.74, 6) is 0.649. The Bertz CT molecular complexity index is 444. The lowest BCUT2D eigenvalue weighted by Crippen LogP contribution is -2.51. The molecule has 1 heterocycles. The number of hydrogen-bond donors (Lipinski definition) is 1. The molecule has 0 aromatic heterocycles. The Morgan fingerprint density at radius 3 is 2.84 bits per heavy atom. The molecule has 2 rings (SSSR count). The Kier molecular flexibility index (Phi) is 4.59. The summed E-state index contributed by atoms with van der Waals surface area (Å²) in [5, 5.41) is 3.36. The highest BCUT2D eigenvalue weighted by Gasteiger charge is 2.29. The molecule has 1 aromatic carbocycles. The highest BCUT2D eigenvalue weighted by atomic mass is 16.2. The summed E-state index contributed by atoms with van der Waals surface area (Å²) in [6.45, 7) is 5.90. The van der Waals surface area contributed by atoms with Crippen molar-refractivity contribution in [2.45, 2.75) is 39.3 Å². The summed E-state index contributed by atoms with van der Waals surface area (Å²) in [7, 11) is 1.90. The van der Waals surface area contributed by atoms with E-state index in [1.54, 1.807) is 0 Å². The zero-order valence-electron chi connectivity index (χ0n) is 12.1. The van der Waals surface area contributed by atoms with E-state index >= 15 is 0 Å². The van der Waals surface area contributed by atoms with Crippen molar-refractivity contribution in [2.24, 2.45) is 5.92 Å². The fourth-order valence-corrected chi connectivity index (χ4v) is 2.74. The topological polar surface area (TPSA) is 32.3 Å². The van der Waals surface area contributed by atoms with Crippen LogP contribution >= 0.6 is 0 Å². The summed E-state index contributed by atoms with van der Waals surface area (Å²) in [6.07, 6.45) is 2.31.